The number of rotatable bonds is 1. The molecule has 0 bridgehead atoms. The van der Waals surface area contributed by atoms with E-state index in [9.17, 15) is 0 Å². The molecule has 0 heterocycles. The maximum atomic E-state index is 8.51. The Morgan fingerprint density at radius 2 is 2.20 bits per heavy atom. The first-order chi connectivity index (χ1) is 4.63. The Morgan fingerprint density at radius 3 is 2.30 bits per heavy atom. The van der Waals surface area contributed by atoms with Crippen molar-refractivity contribution in [3.63, 3.8) is 0 Å². The second-order valence-electron chi connectivity index (χ2n) is 1.66. The highest BCUT2D eigenvalue weighted by Crippen LogP contribution is 2.10. The predicted octanol–water partition coefficient (Wildman–Crippen LogP) is 1.43. The predicted molar refractivity (Wildman–Crippen MR) is 48.6 cm³/mol. The fraction of sp³-hybridized carbons (Fsp3) is 0.333. The van der Waals surface area contributed by atoms with Crippen molar-refractivity contribution in [1.82, 2.24) is 0 Å². The fourth-order valence-corrected chi connectivity index (χ4v) is 1.01. The molecule has 0 aromatic carbocycles. The molecule has 0 aromatic rings. The standard InChI is InChI=1S/C6H8N2S2/c1-4(8)5(3-7)6(9)10-2/h8H2,1-2H3/b5-4-. The first-order valence-electron chi connectivity index (χ1n) is 2.58. The molecule has 0 aliphatic heterocycles. The van der Waals surface area contributed by atoms with E-state index in [4.69, 9.17) is 23.2 Å². The monoisotopic (exact) mass is 172 g/mol. The van der Waals surface area contributed by atoms with Crippen LogP contribution in [-0.4, -0.2) is 10.5 Å². The first kappa shape index (κ1) is 9.47. The summed E-state index contributed by atoms with van der Waals surface area (Å²) in [5, 5.41) is 8.51. The van der Waals surface area contributed by atoms with Crippen molar-refractivity contribution in [2.75, 3.05) is 6.26 Å². The Morgan fingerprint density at radius 1 is 1.70 bits per heavy atom. The van der Waals surface area contributed by atoms with Gasteiger partial charge in [0.15, 0.2) is 0 Å². The second kappa shape index (κ2) is 4.31. The van der Waals surface area contributed by atoms with Gasteiger partial charge in [0.25, 0.3) is 0 Å². The minimum absolute atomic E-state index is 0.419. The van der Waals surface area contributed by atoms with Gasteiger partial charge >= 0.3 is 0 Å². The maximum absolute atomic E-state index is 8.51. The van der Waals surface area contributed by atoms with E-state index >= 15 is 0 Å². The van der Waals surface area contributed by atoms with Crippen LogP contribution in [0, 0.1) is 11.3 Å². The van der Waals surface area contributed by atoms with Crippen LogP contribution in [0.1, 0.15) is 6.92 Å². The number of hydrogen-bond acceptors (Lipinski definition) is 4. The topological polar surface area (TPSA) is 49.8 Å². The lowest BCUT2D eigenvalue weighted by Crippen LogP contribution is -2.02. The lowest BCUT2D eigenvalue weighted by molar-refractivity contribution is 1.29. The van der Waals surface area contributed by atoms with E-state index in [2.05, 4.69) is 0 Å². The Kier molecular flexibility index (Phi) is 4.08. The summed E-state index contributed by atoms with van der Waals surface area (Å²) >= 11 is 6.21. The Balaban J connectivity index is 4.59. The van der Waals surface area contributed by atoms with Gasteiger partial charge in [0.05, 0.1) is 9.77 Å². The zero-order chi connectivity index (χ0) is 8.15. The van der Waals surface area contributed by atoms with Crippen LogP contribution in [0.5, 0.6) is 0 Å². The molecule has 0 spiro atoms. The molecule has 0 saturated heterocycles. The molecule has 0 unspecified atom stereocenters. The minimum atomic E-state index is 0.419. The van der Waals surface area contributed by atoms with E-state index in [1.165, 1.54) is 11.8 Å². The summed E-state index contributed by atoms with van der Waals surface area (Å²) in [6.07, 6.45) is 1.82. The van der Waals surface area contributed by atoms with Crippen molar-refractivity contribution in [2.45, 2.75) is 6.92 Å². The highest BCUT2D eigenvalue weighted by Gasteiger charge is 2.03. The zero-order valence-corrected chi connectivity index (χ0v) is 7.47. The van der Waals surface area contributed by atoms with Crippen molar-refractivity contribution >= 4 is 28.2 Å². The summed E-state index contributed by atoms with van der Waals surface area (Å²) in [6, 6.07) is 1.94. The quantitative estimate of drug-likeness (QED) is 0.369. The number of thiocarbonyl (C=S) groups is 1. The molecule has 0 radical (unpaired) electrons. The van der Waals surface area contributed by atoms with Crippen molar-refractivity contribution in [2.24, 2.45) is 5.73 Å². The van der Waals surface area contributed by atoms with Crippen LogP contribution in [0.3, 0.4) is 0 Å². The summed E-state index contributed by atoms with van der Waals surface area (Å²) in [5.74, 6) is 0. The minimum Gasteiger partial charge on any atom is -0.401 e. The van der Waals surface area contributed by atoms with Crippen LogP contribution in [0.2, 0.25) is 0 Å². The zero-order valence-electron chi connectivity index (χ0n) is 5.84. The molecule has 0 amide bonds. The van der Waals surface area contributed by atoms with Gasteiger partial charge in [0.1, 0.15) is 6.07 Å². The Bertz CT molecular complexity index is 208. The molecule has 0 rings (SSSR count). The number of nitrogens with two attached hydrogens (primary N) is 1. The van der Waals surface area contributed by atoms with Gasteiger partial charge in [0, 0.05) is 5.70 Å². The summed E-state index contributed by atoms with van der Waals surface area (Å²) in [7, 11) is 0. The summed E-state index contributed by atoms with van der Waals surface area (Å²) in [5.41, 5.74) is 6.29. The third-order valence-electron chi connectivity index (χ3n) is 0.896. The first-order valence-corrected chi connectivity index (χ1v) is 4.21. The largest absolute Gasteiger partial charge is 0.401 e. The summed E-state index contributed by atoms with van der Waals surface area (Å²) < 4.78 is 0.558. The van der Waals surface area contributed by atoms with Crippen LogP contribution >= 0.6 is 24.0 Å². The van der Waals surface area contributed by atoms with E-state index in [0.717, 1.165) is 0 Å². The number of hydrogen-bond donors (Lipinski definition) is 1. The lowest BCUT2D eigenvalue weighted by Gasteiger charge is -1.97. The molecular formula is C6H8N2S2. The Hall–Kier alpha value is -0.530. The van der Waals surface area contributed by atoms with E-state index in [1.807, 2.05) is 12.3 Å². The molecule has 2 nitrogen and oxygen atoms in total. The van der Waals surface area contributed by atoms with Crippen LogP contribution < -0.4 is 5.73 Å². The van der Waals surface area contributed by atoms with Gasteiger partial charge < -0.3 is 5.73 Å². The summed E-state index contributed by atoms with van der Waals surface area (Å²) in [6.45, 7) is 1.67. The van der Waals surface area contributed by atoms with Gasteiger partial charge in [-0.1, -0.05) is 12.2 Å². The van der Waals surface area contributed by atoms with Crippen LogP contribution in [0.25, 0.3) is 0 Å². The molecule has 54 valence electrons. The third-order valence-corrected chi connectivity index (χ3v) is 2.17. The van der Waals surface area contributed by atoms with E-state index in [0.29, 0.717) is 15.5 Å². The van der Waals surface area contributed by atoms with Gasteiger partial charge in [-0.05, 0) is 13.2 Å². The fourth-order valence-electron chi connectivity index (χ4n) is 0.397. The van der Waals surface area contributed by atoms with E-state index < -0.39 is 0 Å². The number of thioether (sulfide) groups is 1. The van der Waals surface area contributed by atoms with Crippen molar-refractivity contribution in [1.29, 1.82) is 5.26 Å². The van der Waals surface area contributed by atoms with Crippen molar-refractivity contribution in [3.05, 3.63) is 11.3 Å². The number of allylic oxidation sites excluding steroid dienone is 1. The van der Waals surface area contributed by atoms with Crippen LogP contribution in [-0.2, 0) is 0 Å². The second-order valence-corrected chi connectivity index (χ2v) is 3.14. The van der Waals surface area contributed by atoms with Crippen molar-refractivity contribution in [3.8, 4) is 6.07 Å². The molecule has 0 saturated carbocycles. The Labute approximate surface area is 70.1 Å². The number of nitrogens with zero attached hydrogens (tertiary/aromatic N) is 1. The molecule has 0 aliphatic carbocycles. The third kappa shape index (κ3) is 2.38. The molecule has 4 heteroatoms. The van der Waals surface area contributed by atoms with Gasteiger partial charge in [-0.15, -0.1) is 11.8 Å². The average molecular weight is 172 g/mol. The molecular weight excluding hydrogens is 164 g/mol. The normalized spacial score (nSPS) is 11.7. The van der Waals surface area contributed by atoms with E-state index in [-0.39, 0.29) is 0 Å². The maximum Gasteiger partial charge on any atom is 0.103 e. The molecule has 0 aromatic heterocycles. The van der Waals surface area contributed by atoms with Crippen LogP contribution in [0.4, 0.5) is 0 Å². The molecule has 2 N–H and O–H groups in total. The van der Waals surface area contributed by atoms with Crippen molar-refractivity contribution < 1.29 is 0 Å². The average Bonchev–Trinajstić information content (AvgIpc) is 1.88. The molecule has 0 fully saturated rings. The SMILES string of the molecule is CSC(=S)/C(C#N)=C(/C)N. The number of nitriles is 1. The van der Waals surface area contributed by atoms with Gasteiger partial charge in [-0.3, -0.25) is 0 Å². The van der Waals surface area contributed by atoms with Gasteiger partial charge in [-0.25, -0.2) is 0 Å². The molecule has 10 heavy (non-hydrogen) atoms. The lowest BCUT2D eigenvalue weighted by atomic mass is 10.3. The van der Waals surface area contributed by atoms with Crippen LogP contribution in [0.15, 0.2) is 11.3 Å². The van der Waals surface area contributed by atoms with Gasteiger partial charge in [-0.2, -0.15) is 5.26 Å². The molecule has 0 aliphatic rings. The van der Waals surface area contributed by atoms with Gasteiger partial charge in [0.2, 0.25) is 0 Å². The summed E-state index contributed by atoms with van der Waals surface area (Å²) in [4.78, 5) is 0. The molecule has 0 atom stereocenters. The highest BCUT2D eigenvalue weighted by molar-refractivity contribution is 8.23. The van der Waals surface area contributed by atoms with E-state index in [1.54, 1.807) is 6.92 Å². The smallest absolute Gasteiger partial charge is 0.103 e. The highest BCUT2D eigenvalue weighted by atomic mass is 32.2.